The number of fused-ring (bicyclic) bond motifs is 1. The molecule has 2 nitrogen and oxygen atoms in total. The van der Waals surface area contributed by atoms with Gasteiger partial charge in [0.2, 0.25) is 0 Å². The van der Waals surface area contributed by atoms with Gasteiger partial charge in [-0.25, -0.2) is 0 Å². The molecule has 0 aliphatic rings. The van der Waals surface area contributed by atoms with Crippen LogP contribution in [0.5, 0.6) is 0 Å². The third-order valence-corrected chi connectivity index (χ3v) is 2.31. The van der Waals surface area contributed by atoms with E-state index in [-0.39, 0.29) is 0 Å². The van der Waals surface area contributed by atoms with Crippen molar-refractivity contribution >= 4 is 11.0 Å². The molecule has 0 spiro atoms. The molecular formula is C13H8NO. The van der Waals surface area contributed by atoms with E-state index in [1.807, 2.05) is 36.4 Å². The lowest BCUT2D eigenvalue weighted by Crippen LogP contribution is -1.72. The summed E-state index contributed by atoms with van der Waals surface area (Å²) in [5, 5.41) is 1.00. The zero-order chi connectivity index (χ0) is 10.1. The van der Waals surface area contributed by atoms with Crippen molar-refractivity contribution in [2.45, 2.75) is 0 Å². The van der Waals surface area contributed by atoms with Gasteiger partial charge in [-0.3, -0.25) is 4.98 Å². The number of hydrogen-bond acceptors (Lipinski definition) is 2. The van der Waals surface area contributed by atoms with E-state index in [4.69, 9.17) is 4.42 Å². The van der Waals surface area contributed by atoms with Crippen molar-refractivity contribution < 1.29 is 4.42 Å². The van der Waals surface area contributed by atoms with Crippen molar-refractivity contribution in [1.29, 1.82) is 0 Å². The highest BCUT2D eigenvalue weighted by molar-refractivity contribution is 5.82. The molecule has 2 heteroatoms. The standard InChI is InChI=1S/C13H8NO/c1-2-4-12-11(3-1)9-13(15-12)10-5-7-14-8-6-10/h1-2,4-9H. The number of rotatable bonds is 1. The van der Waals surface area contributed by atoms with E-state index in [9.17, 15) is 0 Å². The van der Waals surface area contributed by atoms with Crippen LogP contribution in [0.15, 0.2) is 53.2 Å². The predicted octanol–water partition coefficient (Wildman–Crippen LogP) is 3.29. The summed E-state index contributed by atoms with van der Waals surface area (Å²) < 4.78 is 5.70. The summed E-state index contributed by atoms with van der Waals surface area (Å²) in [7, 11) is 0. The van der Waals surface area contributed by atoms with Gasteiger partial charge in [0.25, 0.3) is 0 Å². The van der Waals surface area contributed by atoms with E-state index >= 15 is 0 Å². The van der Waals surface area contributed by atoms with Crippen molar-refractivity contribution in [1.82, 2.24) is 4.98 Å². The Kier molecular flexibility index (Phi) is 1.78. The molecule has 3 rings (SSSR count). The van der Waals surface area contributed by atoms with Gasteiger partial charge in [-0.2, -0.15) is 0 Å². The summed E-state index contributed by atoms with van der Waals surface area (Å²) in [6, 6.07) is 14.7. The molecule has 0 atom stereocenters. The Morgan fingerprint density at radius 3 is 2.80 bits per heavy atom. The molecule has 2 aromatic heterocycles. The maximum atomic E-state index is 5.70. The Hall–Kier alpha value is -2.09. The molecule has 0 saturated heterocycles. The molecule has 0 unspecified atom stereocenters. The Morgan fingerprint density at radius 1 is 1.13 bits per heavy atom. The van der Waals surface area contributed by atoms with E-state index in [1.54, 1.807) is 12.4 Å². The predicted molar refractivity (Wildman–Crippen MR) is 58.3 cm³/mol. The summed E-state index contributed by atoms with van der Waals surface area (Å²) in [6.45, 7) is 0. The number of benzene rings is 1. The van der Waals surface area contributed by atoms with Crippen LogP contribution in [0.1, 0.15) is 0 Å². The largest absolute Gasteiger partial charge is 0.456 e. The Morgan fingerprint density at radius 2 is 2.00 bits per heavy atom. The van der Waals surface area contributed by atoms with Gasteiger partial charge < -0.3 is 4.42 Å². The highest BCUT2D eigenvalue weighted by Crippen LogP contribution is 2.26. The first-order valence-corrected chi connectivity index (χ1v) is 4.74. The van der Waals surface area contributed by atoms with Gasteiger partial charge in [0.1, 0.15) is 11.3 Å². The van der Waals surface area contributed by atoms with Crippen LogP contribution >= 0.6 is 0 Å². The normalized spacial score (nSPS) is 10.7. The Labute approximate surface area is 87.2 Å². The first-order valence-electron chi connectivity index (χ1n) is 4.74. The number of nitrogens with zero attached hydrogens (tertiary/aromatic N) is 1. The molecule has 0 bridgehead atoms. The van der Waals surface area contributed by atoms with Crippen molar-refractivity contribution in [2.24, 2.45) is 0 Å². The molecule has 0 N–H and O–H groups in total. The van der Waals surface area contributed by atoms with Crippen LogP contribution in [-0.4, -0.2) is 4.98 Å². The van der Waals surface area contributed by atoms with Crippen molar-refractivity contribution in [2.75, 3.05) is 0 Å². The first-order chi connectivity index (χ1) is 7.43. The van der Waals surface area contributed by atoms with Crippen molar-refractivity contribution in [3.63, 3.8) is 0 Å². The van der Waals surface area contributed by atoms with Crippen LogP contribution in [0.3, 0.4) is 0 Å². The van der Waals surface area contributed by atoms with E-state index in [2.05, 4.69) is 11.1 Å². The summed E-state index contributed by atoms with van der Waals surface area (Å²) >= 11 is 0. The second kappa shape index (κ2) is 3.24. The number of furan rings is 1. The monoisotopic (exact) mass is 194 g/mol. The second-order valence-electron chi connectivity index (χ2n) is 3.29. The fraction of sp³-hybridized carbons (Fsp3) is 0. The van der Waals surface area contributed by atoms with Gasteiger partial charge in [-0.05, 0) is 30.3 Å². The molecular weight excluding hydrogens is 186 g/mol. The molecule has 0 aliphatic heterocycles. The average molecular weight is 194 g/mol. The zero-order valence-corrected chi connectivity index (χ0v) is 7.97. The van der Waals surface area contributed by atoms with E-state index in [1.165, 1.54) is 0 Å². The van der Waals surface area contributed by atoms with Crippen LogP contribution in [-0.2, 0) is 0 Å². The minimum atomic E-state index is 0.856. The highest BCUT2D eigenvalue weighted by Gasteiger charge is 2.04. The van der Waals surface area contributed by atoms with Crippen molar-refractivity contribution in [3.05, 3.63) is 54.9 Å². The van der Waals surface area contributed by atoms with Gasteiger partial charge in [-0.1, -0.05) is 12.1 Å². The lowest BCUT2D eigenvalue weighted by Gasteiger charge is -1.92. The number of aromatic nitrogens is 1. The average Bonchev–Trinajstić information content (AvgIpc) is 2.74. The van der Waals surface area contributed by atoms with E-state index < -0.39 is 0 Å². The topological polar surface area (TPSA) is 26.0 Å². The molecule has 15 heavy (non-hydrogen) atoms. The summed E-state index contributed by atoms with van der Waals surface area (Å²) in [5.41, 5.74) is 1.90. The summed E-state index contributed by atoms with van der Waals surface area (Å²) in [4.78, 5) is 3.98. The minimum Gasteiger partial charge on any atom is -0.456 e. The molecule has 2 heterocycles. The SMILES string of the molecule is [c]1cccc2oc(-c3ccncc3)cc12. The number of pyridine rings is 1. The molecule has 0 fully saturated rings. The zero-order valence-electron chi connectivity index (χ0n) is 7.97. The highest BCUT2D eigenvalue weighted by atomic mass is 16.3. The minimum absolute atomic E-state index is 0.856. The van der Waals surface area contributed by atoms with Crippen LogP contribution in [0.2, 0.25) is 0 Å². The van der Waals surface area contributed by atoms with Gasteiger partial charge >= 0.3 is 0 Å². The molecule has 71 valence electrons. The Bertz CT molecular complexity index is 551. The van der Waals surface area contributed by atoms with E-state index in [0.29, 0.717) is 0 Å². The van der Waals surface area contributed by atoms with E-state index in [0.717, 1.165) is 22.3 Å². The Balaban J connectivity index is 2.21. The van der Waals surface area contributed by atoms with Crippen LogP contribution in [0.4, 0.5) is 0 Å². The third-order valence-electron chi connectivity index (χ3n) is 2.31. The van der Waals surface area contributed by atoms with Crippen molar-refractivity contribution in [3.8, 4) is 11.3 Å². The van der Waals surface area contributed by atoms with Crippen LogP contribution in [0.25, 0.3) is 22.3 Å². The second-order valence-corrected chi connectivity index (χ2v) is 3.29. The number of hydrogen-bond donors (Lipinski definition) is 0. The lowest BCUT2D eigenvalue weighted by atomic mass is 10.2. The fourth-order valence-corrected chi connectivity index (χ4v) is 1.57. The van der Waals surface area contributed by atoms with Crippen LogP contribution in [0, 0.1) is 6.07 Å². The molecule has 0 amide bonds. The van der Waals surface area contributed by atoms with Gasteiger partial charge in [0.05, 0.1) is 0 Å². The van der Waals surface area contributed by atoms with Gasteiger partial charge in [0.15, 0.2) is 0 Å². The summed E-state index contributed by atoms with van der Waals surface area (Å²) in [5.74, 6) is 0.856. The maximum absolute atomic E-state index is 5.70. The molecule has 0 aliphatic carbocycles. The van der Waals surface area contributed by atoms with Crippen LogP contribution < -0.4 is 0 Å². The molecule has 1 aromatic carbocycles. The van der Waals surface area contributed by atoms with Gasteiger partial charge in [0, 0.05) is 23.3 Å². The molecule has 1 radical (unpaired) electrons. The molecule has 0 saturated carbocycles. The smallest absolute Gasteiger partial charge is 0.135 e. The lowest BCUT2D eigenvalue weighted by molar-refractivity contribution is 0.631. The van der Waals surface area contributed by atoms with Gasteiger partial charge in [-0.15, -0.1) is 0 Å². The molecule has 3 aromatic rings. The summed E-state index contributed by atoms with van der Waals surface area (Å²) in [6.07, 6.45) is 3.51. The maximum Gasteiger partial charge on any atom is 0.135 e. The quantitative estimate of drug-likeness (QED) is 0.594. The fourth-order valence-electron chi connectivity index (χ4n) is 1.57. The third kappa shape index (κ3) is 1.40. The first kappa shape index (κ1) is 8.24.